The van der Waals surface area contributed by atoms with E-state index in [0.29, 0.717) is 34.5 Å². The third-order valence-electron chi connectivity index (χ3n) is 5.05. The van der Waals surface area contributed by atoms with Crippen LogP contribution in [0.2, 0.25) is 5.02 Å². The van der Waals surface area contributed by atoms with E-state index in [4.69, 9.17) is 26.1 Å². The maximum Gasteiger partial charge on any atom is 0.163 e. The van der Waals surface area contributed by atoms with Gasteiger partial charge in [0.05, 0.1) is 37.1 Å². The number of methoxy groups -OCH3 is 2. The lowest BCUT2D eigenvalue weighted by molar-refractivity contribution is 0.174. The zero-order valence-electron chi connectivity index (χ0n) is 17.0. The molecule has 0 radical (unpaired) electrons. The molecule has 0 aliphatic heterocycles. The summed E-state index contributed by atoms with van der Waals surface area (Å²) in [7, 11) is 3.19. The van der Waals surface area contributed by atoms with Crippen molar-refractivity contribution in [2.45, 2.75) is 19.4 Å². The monoisotopic (exact) mass is 423 g/mol. The lowest BCUT2D eigenvalue weighted by Crippen LogP contribution is -2.04. The first-order chi connectivity index (χ1) is 14.5. The fraction of sp³-hybridized carbons (Fsp3) is 0.217. The van der Waals surface area contributed by atoms with Crippen LogP contribution in [0.5, 0.6) is 11.5 Å². The average molecular weight is 424 g/mol. The van der Waals surface area contributed by atoms with Crippen LogP contribution in [0.15, 0.2) is 54.9 Å². The molecule has 0 aliphatic carbocycles. The van der Waals surface area contributed by atoms with Crippen LogP contribution in [0.3, 0.4) is 0 Å². The van der Waals surface area contributed by atoms with E-state index in [0.717, 1.165) is 22.2 Å². The molecule has 154 valence electrons. The Morgan fingerprint density at radius 3 is 2.53 bits per heavy atom. The molecule has 1 unspecified atom stereocenters. The molecule has 0 bridgehead atoms. The van der Waals surface area contributed by atoms with Gasteiger partial charge >= 0.3 is 0 Å². The highest BCUT2D eigenvalue weighted by Crippen LogP contribution is 2.34. The van der Waals surface area contributed by atoms with Crippen LogP contribution in [-0.4, -0.2) is 33.9 Å². The van der Waals surface area contributed by atoms with E-state index in [1.165, 1.54) is 0 Å². The summed E-state index contributed by atoms with van der Waals surface area (Å²) >= 11 is 6.21. The average Bonchev–Trinajstić information content (AvgIpc) is 3.19. The van der Waals surface area contributed by atoms with Crippen molar-refractivity contribution >= 4 is 22.6 Å². The molecule has 2 aromatic heterocycles. The van der Waals surface area contributed by atoms with Crippen molar-refractivity contribution in [2.75, 3.05) is 14.2 Å². The normalized spacial score (nSPS) is 12.2. The van der Waals surface area contributed by atoms with Gasteiger partial charge in [-0.2, -0.15) is 0 Å². The molecule has 6 nitrogen and oxygen atoms in total. The van der Waals surface area contributed by atoms with E-state index in [-0.39, 0.29) is 0 Å². The first-order valence-electron chi connectivity index (χ1n) is 9.60. The number of pyridine rings is 1. The molecular formula is C23H22ClN3O3. The fourth-order valence-corrected chi connectivity index (χ4v) is 3.66. The van der Waals surface area contributed by atoms with Crippen LogP contribution in [0.4, 0.5) is 0 Å². The smallest absolute Gasteiger partial charge is 0.163 e. The molecule has 0 saturated carbocycles. The Kier molecular flexibility index (Phi) is 5.61. The molecule has 0 aliphatic rings. The van der Waals surface area contributed by atoms with Gasteiger partial charge in [0.2, 0.25) is 0 Å². The van der Waals surface area contributed by atoms with E-state index in [9.17, 15) is 5.11 Å². The van der Waals surface area contributed by atoms with E-state index in [1.54, 1.807) is 20.5 Å². The van der Waals surface area contributed by atoms with Gasteiger partial charge in [-0.3, -0.25) is 4.57 Å². The van der Waals surface area contributed by atoms with Crippen LogP contribution in [0, 0.1) is 0 Å². The minimum atomic E-state index is -0.621. The summed E-state index contributed by atoms with van der Waals surface area (Å²) in [6.45, 7) is 1.93. The number of hydrogen-bond acceptors (Lipinski definition) is 5. The van der Waals surface area contributed by atoms with Gasteiger partial charge in [-0.05, 0) is 24.6 Å². The molecular weight excluding hydrogens is 402 g/mol. The molecule has 1 atom stereocenters. The van der Waals surface area contributed by atoms with Crippen molar-refractivity contribution in [3.63, 3.8) is 0 Å². The Morgan fingerprint density at radius 2 is 1.83 bits per heavy atom. The van der Waals surface area contributed by atoms with Gasteiger partial charge in [0.15, 0.2) is 11.5 Å². The molecule has 30 heavy (non-hydrogen) atoms. The minimum Gasteiger partial charge on any atom is -0.493 e. The molecule has 0 spiro atoms. The number of imidazole rings is 1. The highest BCUT2D eigenvalue weighted by molar-refractivity contribution is 6.30. The predicted octanol–water partition coefficient (Wildman–Crippen LogP) is 5.20. The maximum absolute atomic E-state index is 10.5. The SMILES string of the molecule is CCC(O)c1ccc(-n2cnc3cc(OC)c(OC)cc32)nc1-c1cccc(Cl)c1. The van der Waals surface area contributed by atoms with Crippen LogP contribution < -0.4 is 9.47 Å². The van der Waals surface area contributed by atoms with E-state index >= 15 is 0 Å². The van der Waals surface area contributed by atoms with Gasteiger partial charge in [0, 0.05) is 28.3 Å². The summed E-state index contributed by atoms with van der Waals surface area (Å²) in [4.78, 5) is 9.36. The van der Waals surface area contributed by atoms with E-state index in [2.05, 4.69) is 4.98 Å². The number of halogens is 1. The summed E-state index contributed by atoms with van der Waals surface area (Å²) in [6.07, 6.45) is 1.67. The van der Waals surface area contributed by atoms with Gasteiger partial charge < -0.3 is 14.6 Å². The molecule has 0 saturated heterocycles. The highest BCUT2D eigenvalue weighted by Gasteiger charge is 2.17. The van der Waals surface area contributed by atoms with Crippen LogP contribution in [0.1, 0.15) is 25.0 Å². The summed E-state index contributed by atoms with van der Waals surface area (Å²) < 4.78 is 12.7. The number of benzene rings is 2. The number of hydrogen-bond donors (Lipinski definition) is 1. The Hall–Kier alpha value is -3.09. The highest BCUT2D eigenvalue weighted by atomic mass is 35.5. The first-order valence-corrected chi connectivity index (χ1v) is 9.98. The van der Waals surface area contributed by atoms with Crippen molar-refractivity contribution in [2.24, 2.45) is 0 Å². The van der Waals surface area contributed by atoms with Crippen LogP contribution >= 0.6 is 11.6 Å². The van der Waals surface area contributed by atoms with Crippen molar-refractivity contribution in [1.29, 1.82) is 0 Å². The van der Waals surface area contributed by atoms with Crippen molar-refractivity contribution in [3.8, 4) is 28.6 Å². The number of fused-ring (bicyclic) bond motifs is 1. The summed E-state index contributed by atoms with van der Waals surface area (Å²) in [6, 6.07) is 14.9. The molecule has 0 amide bonds. The first kappa shape index (κ1) is 20.2. The van der Waals surface area contributed by atoms with E-state index in [1.807, 2.05) is 60.0 Å². The van der Waals surface area contributed by atoms with Gasteiger partial charge in [0.25, 0.3) is 0 Å². The Labute approximate surface area is 179 Å². The summed E-state index contributed by atoms with van der Waals surface area (Å²) in [5, 5.41) is 11.1. The molecule has 4 aromatic rings. The maximum atomic E-state index is 10.5. The third kappa shape index (κ3) is 3.60. The van der Waals surface area contributed by atoms with Gasteiger partial charge in [-0.15, -0.1) is 0 Å². The second-order valence-corrected chi connectivity index (χ2v) is 7.29. The molecule has 2 aromatic carbocycles. The Bertz CT molecular complexity index is 1210. The number of rotatable bonds is 6. The molecule has 1 N–H and O–H groups in total. The van der Waals surface area contributed by atoms with Gasteiger partial charge in [-0.1, -0.05) is 36.7 Å². The van der Waals surface area contributed by atoms with Crippen molar-refractivity contribution in [3.05, 3.63) is 65.4 Å². The van der Waals surface area contributed by atoms with E-state index < -0.39 is 6.10 Å². The number of aromatic nitrogens is 3. The van der Waals surface area contributed by atoms with Gasteiger partial charge in [0.1, 0.15) is 12.1 Å². The number of aliphatic hydroxyl groups excluding tert-OH is 1. The largest absolute Gasteiger partial charge is 0.493 e. The number of ether oxygens (including phenoxy) is 2. The molecule has 7 heteroatoms. The van der Waals surface area contributed by atoms with Gasteiger partial charge in [-0.25, -0.2) is 9.97 Å². The molecule has 0 fully saturated rings. The fourth-order valence-electron chi connectivity index (χ4n) is 3.47. The summed E-state index contributed by atoms with van der Waals surface area (Å²) in [5.74, 6) is 1.90. The number of aliphatic hydroxyl groups is 1. The Balaban J connectivity index is 1.91. The topological polar surface area (TPSA) is 69.4 Å². The van der Waals surface area contributed by atoms with Crippen molar-refractivity contribution in [1.82, 2.24) is 14.5 Å². The quantitative estimate of drug-likeness (QED) is 0.461. The Morgan fingerprint density at radius 1 is 1.07 bits per heavy atom. The zero-order chi connectivity index (χ0) is 21.3. The second-order valence-electron chi connectivity index (χ2n) is 6.85. The second kappa shape index (κ2) is 8.34. The summed E-state index contributed by atoms with van der Waals surface area (Å²) in [5.41, 5.74) is 3.88. The minimum absolute atomic E-state index is 0.583. The number of nitrogens with zero attached hydrogens (tertiary/aromatic N) is 3. The predicted molar refractivity (Wildman–Crippen MR) is 118 cm³/mol. The molecule has 4 rings (SSSR count). The zero-order valence-corrected chi connectivity index (χ0v) is 17.7. The van der Waals surface area contributed by atoms with Crippen molar-refractivity contribution < 1.29 is 14.6 Å². The standard InChI is InChI=1S/C23H22ClN3O3/c1-4-19(28)16-8-9-22(26-23(16)14-6-5-7-15(24)10-14)27-13-25-17-11-20(29-2)21(30-3)12-18(17)27/h5-13,19,28H,4H2,1-3H3. The van der Waals surface area contributed by atoms with Crippen LogP contribution in [-0.2, 0) is 0 Å². The third-order valence-corrected chi connectivity index (χ3v) is 5.29. The lowest BCUT2D eigenvalue weighted by atomic mass is 10.00. The van der Waals surface area contributed by atoms with Crippen LogP contribution in [0.25, 0.3) is 28.1 Å². The molecule has 2 heterocycles. The lowest BCUT2D eigenvalue weighted by Gasteiger charge is -2.16.